The zero-order valence-electron chi connectivity index (χ0n) is 9.09. The van der Waals surface area contributed by atoms with Crippen molar-refractivity contribution in [2.45, 2.75) is 38.0 Å². The first kappa shape index (κ1) is 13.4. The van der Waals surface area contributed by atoms with Crippen LogP contribution in [-0.4, -0.2) is 54.3 Å². The van der Waals surface area contributed by atoms with Crippen molar-refractivity contribution in [1.82, 2.24) is 5.32 Å². The first-order valence-corrected chi connectivity index (χ1v) is 7.05. The molecule has 0 spiro atoms. The Kier molecular flexibility index (Phi) is 4.28. The van der Waals surface area contributed by atoms with E-state index in [1.807, 2.05) is 6.92 Å². The number of carboxylic acids is 1. The van der Waals surface area contributed by atoms with Gasteiger partial charge in [0.15, 0.2) is 9.84 Å². The van der Waals surface area contributed by atoms with Crippen LogP contribution in [0.4, 0.5) is 0 Å². The maximum Gasteiger partial charge on any atom is 0.320 e. The average Bonchev–Trinajstić information content (AvgIpc) is 2.38. The molecule has 3 N–H and O–H groups in total. The molecule has 1 fully saturated rings. The van der Waals surface area contributed by atoms with E-state index in [0.717, 1.165) is 0 Å². The molecule has 1 aliphatic rings. The summed E-state index contributed by atoms with van der Waals surface area (Å²) in [6, 6.07) is -1.46. The second-order valence-electron chi connectivity index (χ2n) is 4.10. The van der Waals surface area contributed by atoms with Gasteiger partial charge in [-0.3, -0.25) is 10.1 Å². The predicted octanol–water partition coefficient (Wildman–Crippen LogP) is -1.01. The number of carboxylic acid groups (broad SMARTS) is 1. The van der Waals surface area contributed by atoms with E-state index in [0.29, 0.717) is 12.8 Å². The molecule has 0 aromatic rings. The van der Waals surface area contributed by atoms with Gasteiger partial charge < -0.3 is 10.2 Å². The molecule has 0 saturated carbocycles. The van der Waals surface area contributed by atoms with Gasteiger partial charge in [0.2, 0.25) is 0 Å². The highest BCUT2D eigenvalue weighted by Gasteiger charge is 2.38. The summed E-state index contributed by atoms with van der Waals surface area (Å²) < 4.78 is 22.4. The number of carbonyl (C=O) groups is 1. The normalized spacial score (nSPS) is 30.1. The zero-order valence-corrected chi connectivity index (χ0v) is 9.90. The van der Waals surface area contributed by atoms with Gasteiger partial charge in [-0.1, -0.05) is 13.3 Å². The van der Waals surface area contributed by atoms with Crippen LogP contribution >= 0.6 is 0 Å². The molecule has 1 heterocycles. The van der Waals surface area contributed by atoms with Gasteiger partial charge in [-0.05, 0) is 6.42 Å². The number of nitrogens with one attached hydrogen (secondary N) is 1. The smallest absolute Gasteiger partial charge is 0.320 e. The Morgan fingerprint density at radius 1 is 1.50 bits per heavy atom. The molecule has 0 amide bonds. The molecule has 0 aromatic carbocycles. The van der Waals surface area contributed by atoms with Crippen LogP contribution in [0.2, 0.25) is 0 Å². The molecule has 94 valence electrons. The van der Waals surface area contributed by atoms with Crippen molar-refractivity contribution in [3.63, 3.8) is 0 Å². The van der Waals surface area contributed by atoms with Crippen LogP contribution < -0.4 is 5.32 Å². The summed E-state index contributed by atoms with van der Waals surface area (Å²) in [6.07, 6.45) is 0.0849. The van der Waals surface area contributed by atoms with Gasteiger partial charge >= 0.3 is 5.97 Å². The maximum absolute atomic E-state index is 11.2. The van der Waals surface area contributed by atoms with Crippen LogP contribution in [0.3, 0.4) is 0 Å². The van der Waals surface area contributed by atoms with Gasteiger partial charge in [-0.2, -0.15) is 0 Å². The molecule has 1 rings (SSSR count). The topological polar surface area (TPSA) is 104 Å². The molecule has 3 unspecified atom stereocenters. The van der Waals surface area contributed by atoms with Crippen LogP contribution in [-0.2, 0) is 14.6 Å². The molecule has 6 nitrogen and oxygen atoms in total. The quantitative estimate of drug-likeness (QED) is 0.578. The largest absolute Gasteiger partial charge is 0.480 e. The Morgan fingerprint density at radius 3 is 2.50 bits per heavy atom. The summed E-state index contributed by atoms with van der Waals surface area (Å²) in [4.78, 5) is 10.9. The van der Waals surface area contributed by atoms with E-state index in [1.54, 1.807) is 0 Å². The number of aliphatic hydroxyl groups is 1. The van der Waals surface area contributed by atoms with E-state index >= 15 is 0 Å². The van der Waals surface area contributed by atoms with E-state index in [2.05, 4.69) is 5.32 Å². The van der Waals surface area contributed by atoms with E-state index in [-0.39, 0.29) is 11.5 Å². The Hall–Kier alpha value is -0.660. The molecular weight excluding hydrogens is 234 g/mol. The fraction of sp³-hybridized carbons (Fsp3) is 0.889. The summed E-state index contributed by atoms with van der Waals surface area (Å²) in [5.41, 5.74) is 0. The molecule has 1 saturated heterocycles. The predicted molar refractivity (Wildman–Crippen MR) is 57.9 cm³/mol. The highest BCUT2D eigenvalue weighted by atomic mass is 32.2. The number of hydrogen-bond donors (Lipinski definition) is 3. The number of rotatable bonds is 5. The first-order valence-electron chi connectivity index (χ1n) is 5.23. The molecule has 3 atom stereocenters. The fourth-order valence-electron chi connectivity index (χ4n) is 1.81. The summed E-state index contributed by atoms with van der Waals surface area (Å²) >= 11 is 0. The third-order valence-corrected chi connectivity index (χ3v) is 4.33. The number of aliphatic hydroxyl groups excluding tert-OH is 1. The molecular formula is C9H17NO5S. The van der Waals surface area contributed by atoms with Gasteiger partial charge in [0.05, 0.1) is 17.6 Å². The van der Waals surface area contributed by atoms with Crippen molar-refractivity contribution in [2.24, 2.45) is 0 Å². The minimum absolute atomic E-state index is 0.193. The molecule has 0 bridgehead atoms. The molecule has 1 aliphatic heterocycles. The van der Waals surface area contributed by atoms with Crippen LogP contribution in [0, 0.1) is 0 Å². The zero-order chi connectivity index (χ0) is 12.3. The van der Waals surface area contributed by atoms with Crippen LogP contribution in [0.25, 0.3) is 0 Å². The standard InChI is InChI=1S/C9H17NO5S/c1-2-3-6(9(12)13)10-7-4-16(14,15)5-8(7)11/h6-8,10-11H,2-5H2,1H3,(H,12,13). The van der Waals surface area contributed by atoms with E-state index < -0.39 is 34.0 Å². The van der Waals surface area contributed by atoms with E-state index in [4.69, 9.17) is 5.11 Å². The van der Waals surface area contributed by atoms with Crippen LogP contribution in [0.15, 0.2) is 0 Å². The molecule has 0 aliphatic carbocycles. The summed E-state index contributed by atoms with van der Waals surface area (Å²) in [7, 11) is -3.24. The van der Waals surface area contributed by atoms with Crippen molar-refractivity contribution >= 4 is 15.8 Å². The summed E-state index contributed by atoms with van der Waals surface area (Å²) in [5, 5.41) is 21.1. The lowest BCUT2D eigenvalue weighted by atomic mass is 10.1. The van der Waals surface area contributed by atoms with Gasteiger partial charge in [-0.15, -0.1) is 0 Å². The molecule has 16 heavy (non-hydrogen) atoms. The monoisotopic (exact) mass is 251 g/mol. The van der Waals surface area contributed by atoms with Gasteiger partial charge in [-0.25, -0.2) is 8.42 Å². The van der Waals surface area contributed by atoms with Crippen molar-refractivity contribution in [2.75, 3.05) is 11.5 Å². The van der Waals surface area contributed by atoms with Gasteiger partial charge in [0.25, 0.3) is 0 Å². The SMILES string of the molecule is CCCC(NC1CS(=O)(=O)CC1O)C(=O)O. The lowest BCUT2D eigenvalue weighted by Crippen LogP contribution is -2.48. The molecule has 0 radical (unpaired) electrons. The highest BCUT2D eigenvalue weighted by molar-refractivity contribution is 7.91. The van der Waals surface area contributed by atoms with Crippen LogP contribution in [0.5, 0.6) is 0 Å². The lowest BCUT2D eigenvalue weighted by Gasteiger charge is -2.20. The van der Waals surface area contributed by atoms with Crippen molar-refractivity contribution in [1.29, 1.82) is 0 Å². The van der Waals surface area contributed by atoms with Gasteiger partial charge in [0.1, 0.15) is 6.04 Å². The second kappa shape index (κ2) is 5.11. The Bertz CT molecular complexity index is 353. The van der Waals surface area contributed by atoms with Gasteiger partial charge in [0, 0.05) is 6.04 Å². The maximum atomic E-state index is 11.2. The Balaban J connectivity index is 2.62. The van der Waals surface area contributed by atoms with E-state index in [1.165, 1.54) is 0 Å². The van der Waals surface area contributed by atoms with Crippen molar-refractivity contribution < 1.29 is 23.4 Å². The first-order chi connectivity index (χ1) is 7.35. The van der Waals surface area contributed by atoms with E-state index in [9.17, 15) is 18.3 Å². The Morgan fingerprint density at radius 2 is 2.12 bits per heavy atom. The Labute approximate surface area is 94.6 Å². The number of hydrogen-bond acceptors (Lipinski definition) is 5. The molecule has 7 heteroatoms. The second-order valence-corrected chi connectivity index (χ2v) is 6.25. The number of aliphatic carboxylic acids is 1. The lowest BCUT2D eigenvalue weighted by molar-refractivity contribution is -0.140. The average molecular weight is 251 g/mol. The van der Waals surface area contributed by atoms with Crippen molar-refractivity contribution in [3.05, 3.63) is 0 Å². The number of sulfone groups is 1. The summed E-state index contributed by atoms with van der Waals surface area (Å²) in [5.74, 6) is -1.50. The minimum atomic E-state index is -3.24. The third-order valence-electron chi connectivity index (χ3n) is 2.61. The minimum Gasteiger partial charge on any atom is -0.480 e. The fourth-order valence-corrected chi connectivity index (χ4v) is 3.57. The third kappa shape index (κ3) is 3.43. The molecule has 0 aromatic heterocycles. The van der Waals surface area contributed by atoms with Crippen molar-refractivity contribution in [3.8, 4) is 0 Å². The summed E-state index contributed by atoms with van der Waals surface area (Å²) in [6.45, 7) is 1.85. The highest BCUT2D eigenvalue weighted by Crippen LogP contribution is 2.14. The van der Waals surface area contributed by atoms with Crippen LogP contribution in [0.1, 0.15) is 19.8 Å².